The van der Waals surface area contributed by atoms with E-state index in [9.17, 15) is 9.90 Å². The van der Waals surface area contributed by atoms with E-state index in [1.165, 1.54) is 0 Å². The molecule has 1 atom stereocenters. The molecular weight excluding hydrogens is 230 g/mol. The number of nitrogens with one attached hydrogen (secondary N) is 1. The summed E-state index contributed by atoms with van der Waals surface area (Å²) >= 11 is 0. The summed E-state index contributed by atoms with van der Waals surface area (Å²) in [5, 5.41) is 12.2. The molecule has 100 valence electrons. The number of ether oxygens (including phenoxy) is 1. The zero-order chi connectivity index (χ0) is 13.4. The second-order valence-corrected chi connectivity index (χ2v) is 4.12. The standard InChI is InChI=1S/C14H21NO3/c1-3-13(16)11-6-8-12(9-7-11)18-10-4-5-14(17)15-2/h6-9,13,16H,3-5,10H2,1-2H3,(H,15,17)/t13-/m1/s1. The third-order valence-electron chi connectivity index (χ3n) is 2.75. The van der Waals surface area contributed by atoms with E-state index in [1.54, 1.807) is 7.05 Å². The van der Waals surface area contributed by atoms with Crippen molar-refractivity contribution in [2.24, 2.45) is 0 Å². The van der Waals surface area contributed by atoms with Crippen molar-refractivity contribution in [1.82, 2.24) is 5.32 Å². The first kappa shape index (κ1) is 14.5. The first-order valence-corrected chi connectivity index (χ1v) is 6.28. The number of aliphatic hydroxyl groups excluding tert-OH is 1. The molecule has 0 spiro atoms. The van der Waals surface area contributed by atoms with Crippen LogP contribution >= 0.6 is 0 Å². The van der Waals surface area contributed by atoms with Gasteiger partial charge in [-0.3, -0.25) is 4.79 Å². The van der Waals surface area contributed by atoms with Crippen molar-refractivity contribution in [3.63, 3.8) is 0 Å². The molecule has 0 bridgehead atoms. The van der Waals surface area contributed by atoms with Crippen LogP contribution in [0.2, 0.25) is 0 Å². The van der Waals surface area contributed by atoms with Crippen LogP contribution in [0, 0.1) is 0 Å². The predicted molar refractivity (Wildman–Crippen MR) is 70.5 cm³/mol. The number of aliphatic hydroxyl groups is 1. The Balaban J connectivity index is 2.33. The lowest BCUT2D eigenvalue weighted by Crippen LogP contribution is -2.18. The molecule has 0 saturated carbocycles. The van der Waals surface area contributed by atoms with E-state index in [-0.39, 0.29) is 5.91 Å². The topological polar surface area (TPSA) is 58.6 Å². The Morgan fingerprint density at radius 1 is 1.39 bits per heavy atom. The Hall–Kier alpha value is -1.55. The van der Waals surface area contributed by atoms with Gasteiger partial charge in [0, 0.05) is 13.5 Å². The zero-order valence-electron chi connectivity index (χ0n) is 11.0. The zero-order valence-corrected chi connectivity index (χ0v) is 11.0. The van der Waals surface area contributed by atoms with E-state index in [0.717, 1.165) is 11.3 Å². The Kier molecular flexibility index (Phi) is 6.22. The molecule has 0 fully saturated rings. The van der Waals surface area contributed by atoms with Crippen molar-refractivity contribution >= 4 is 5.91 Å². The van der Waals surface area contributed by atoms with Gasteiger partial charge in [0.1, 0.15) is 5.75 Å². The van der Waals surface area contributed by atoms with Gasteiger partial charge in [-0.05, 0) is 30.5 Å². The summed E-state index contributed by atoms with van der Waals surface area (Å²) in [5.74, 6) is 0.791. The molecule has 0 aromatic heterocycles. The van der Waals surface area contributed by atoms with Crippen LogP contribution in [0.25, 0.3) is 0 Å². The molecule has 4 nitrogen and oxygen atoms in total. The molecule has 0 aliphatic rings. The Morgan fingerprint density at radius 2 is 2.06 bits per heavy atom. The minimum absolute atomic E-state index is 0.0278. The molecule has 2 N–H and O–H groups in total. The minimum atomic E-state index is -0.410. The average molecular weight is 251 g/mol. The van der Waals surface area contributed by atoms with Crippen molar-refractivity contribution in [1.29, 1.82) is 0 Å². The van der Waals surface area contributed by atoms with Gasteiger partial charge in [-0.25, -0.2) is 0 Å². The first-order chi connectivity index (χ1) is 8.67. The molecule has 0 unspecified atom stereocenters. The molecule has 4 heteroatoms. The van der Waals surface area contributed by atoms with Crippen molar-refractivity contribution in [2.45, 2.75) is 32.3 Å². The van der Waals surface area contributed by atoms with Gasteiger partial charge in [-0.2, -0.15) is 0 Å². The van der Waals surface area contributed by atoms with Gasteiger partial charge in [0.15, 0.2) is 0 Å². The molecule has 1 rings (SSSR count). The summed E-state index contributed by atoms with van der Waals surface area (Å²) in [6, 6.07) is 7.41. The number of hydrogen-bond acceptors (Lipinski definition) is 3. The number of hydrogen-bond donors (Lipinski definition) is 2. The third-order valence-corrected chi connectivity index (χ3v) is 2.75. The quantitative estimate of drug-likeness (QED) is 0.729. The van der Waals surface area contributed by atoms with E-state index in [1.807, 2.05) is 31.2 Å². The normalized spacial score (nSPS) is 11.9. The maximum atomic E-state index is 11.0. The lowest BCUT2D eigenvalue weighted by atomic mass is 10.1. The fourth-order valence-corrected chi connectivity index (χ4v) is 1.57. The van der Waals surface area contributed by atoms with Crippen LogP contribution in [0.1, 0.15) is 37.9 Å². The van der Waals surface area contributed by atoms with Crippen LogP contribution in [0.15, 0.2) is 24.3 Å². The number of carbonyl (C=O) groups is 1. The van der Waals surface area contributed by atoms with Crippen LogP contribution in [0.4, 0.5) is 0 Å². The van der Waals surface area contributed by atoms with E-state index in [4.69, 9.17) is 4.74 Å². The van der Waals surface area contributed by atoms with Gasteiger partial charge < -0.3 is 15.2 Å². The van der Waals surface area contributed by atoms with E-state index >= 15 is 0 Å². The van der Waals surface area contributed by atoms with E-state index in [2.05, 4.69) is 5.32 Å². The molecule has 1 amide bonds. The van der Waals surface area contributed by atoms with Crippen LogP contribution in [0.3, 0.4) is 0 Å². The van der Waals surface area contributed by atoms with Gasteiger partial charge in [0.2, 0.25) is 5.91 Å². The smallest absolute Gasteiger partial charge is 0.219 e. The molecule has 1 aromatic rings. The van der Waals surface area contributed by atoms with Crippen LogP contribution in [0.5, 0.6) is 5.75 Å². The molecule has 18 heavy (non-hydrogen) atoms. The number of benzene rings is 1. The average Bonchev–Trinajstić information content (AvgIpc) is 2.43. The van der Waals surface area contributed by atoms with Gasteiger partial charge in [0.05, 0.1) is 12.7 Å². The van der Waals surface area contributed by atoms with Crippen molar-refractivity contribution < 1.29 is 14.6 Å². The summed E-state index contributed by atoms with van der Waals surface area (Å²) in [5.41, 5.74) is 0.898. The number of amides is 1. The van der Waals surface area contributed by atoms with Crippen molar-refractivity contribution in [3.8, 4) is 5.75 Å². The molecular formula is C14H21NO3. The lowest BCUT2D eigenvalue weighted by molar-refractivity contribution is -0.120. The molecule has 0 radical (unpaired) electrons. The van der Waals surface area contributed by atoms with Crippen LogP contribution < -0.4 is 10.1 Å². The summed E-state index contributed by atoms with van der Waals surface area (Å²) in [6.07, 6.45) is 1.46. The fraction of sp³-hybridized carbons (Fsp3) is 0.500. The molecule has 0 saturated heterocycles. The van der Waals surface area contributed by atoms with Gasteiger partial charge >= 0.3 is 0 Å². The molecule has 0 aliphatic heterocycles. The highest BCUT2D eigenvalue weighted by Crippen LogP contribution is 2.19. The molecule has 0 heterocycles. The SMILES string of the molecule is CC[C@@H](O)c1ccc(OCCCC(=O)NC)cc1. The minimum Gasteiger partial charge on any atom is -0.494 e. The predicted octanol–water partition coefficient (Wildman–Crippen LogP) is 2.04. The third kappa shape index (κ3) is 4.75. The summed E-state index contributed by atoms with van der Waals surface area (Å²) in [6.45, 7) is 2.46. The Bertz CT molecular complexity index is 362. The first-order valence-electron chi connectivity index (χ1n) is 6.28. The lowest BCUT2D eigenvalue weighted by Gasteiger charge is -2.10. The largest absolute Gasteiger partial charge is 0.494 e. The van der Waals surface area contributed by atoms with Gasteiger partial charge in [-0.15, -0.1) is 0 Å². The van der Waals surface area contributed by atoms with Crippen molar-refractivity contribution in [2.75, 3.05) is 13.7 Å². The second-order valence-electron chi connectivity index (χ2n) is 4.12. The fourth-order valence-electron chi connectivity index (χ4n) is 1.57. The van der Waals surface area contributed by atoms with Crippen LogP contribution in [-0.4, -0.2) is 24.7 Å². The second kappa shape index (κ2) is 7.71. The highest BCUT2D eigenvalue weighted by atomic mass is 16.5. The number of carbonyl (C=O) groups excluding carboxylic acids is 1. The maximum absolute atomic E-state index is 11.0. The number of rotatable bonds is 7. The summed E-state index contributed by atoms with van der Waals surface area (Å²) in [7, 11) is 1.63. The van der Waals surface area contributed by atoms with E-state index < -0.39 is 6.10 Å². The summed E-state index contributed by atoms with van der Waals surface area (Å²) in [4.78, 5) is 11.0. The molecule has 0 aliphatic carbocycles. The molecule has 1 aromatic carbocycles. The monoisotopic (exact) mass is 251 g/mol. The van der Waals surface area contributed by atoms with Gasteiger partial charge in [0.25, 0.3) is 0 Å². The van der Waals surface area contributed by atoms with Crippen LogP contribution in [-0.2, 0) is 4.79 Å². The van der Waals surface area contributed by atoms with Gasteiger partial charge in [-0.1, -0.05) is 19.1 Å². The highest BCUT2D eigenvalue weighted by Gasteiger charge is 2.04. The highest BCUT2D eigenvalue weighted by molar-refractivity contribution is 5.75. The Labute approximate surface area is 108 Å². The maximum Gasteiger partial charge on any atom is 0.219 e. The summed E-state index contributed by atoms with van der Waals surface area (Å²) < 4.78 is 5.51. The van der Waals surface area contributed by atoms with E-state index in [0.29, 0.717) is 25.9 Å². The van der Waals surface area contributed by atoms with Crippen molar-refractivity contribution in [3.05, 3.63) is 29.8 Å². The Morgan fingerprint density at radius 3 is 2.61 bits per heavy atom.